The van der Waals surface area contributed by atoms with Crippen molar-refractivity contribution < 1.29 is 58.1 Å². The molecular weight excluding hydrogens is 626 g/mol. The van der Waals surface area contributed by atoms with Gasteiger partial charge in [0.2, 0.25) is 0 Å². The first-order chi connectivity index (χ1) is 22.4. The Morgan fingerprint density at radius 1 is 0.792 bits per heavy atom. The van der Waals surface area contributed by atoms with Crippen LogP contribution in [0, 0.1) is 29.6 Å². The summed E-state index contributed by atoms with van der Waals surface area (Å²) in [6.45, 7) is 14.6. The van der Waals surface area contributed by atoms with Crippen molar-refractivity contribution >= 4 is 11.8 Å². The van der Waals surface area contributed by atoms with Gasteiger partial charge in [-0.05, 0) is 60.5 Å². The van der Waals surface area contributed by atoms with Crippen LogP contribution in [0.25, 0.3) is 0 Å². The van der Waals surface area contributed by atoms with Gasteiger partial charge in [0.15, 0.2) is 24.0 Å². The number of carbonyl (C=O) groups excluding carboxylic acids is 2. The first kappa shape index (κ1) is 39.5. The van der Waals surface area contributed by atoms with Crippen LogP contribution < -0.4 is 0 Å². The van der Waals surface area contributed by atoms with Gasteiger partial charge in [0.1, 0.15) is 18.3 Å². The van der Waals surface area contributed by atoms with Gasteiger partial charge >= 0.3 is 5.97 Å². The van der Waals surface area contributed by atoms with Crippen molar-refractivity contribution in [3.63, 3.8) is 0 Å². The number of hydrogen-bond acceptors (Lipinski definition) is 13. The number of Topliss-reactive ketones (excluding diaryl/α,β-unsaturated/α-hetero) is 1. The molecule has 3 N–H and O–H groups in total. The fraction of sp³-hybridized carbons (Fsp3) is 0.943. The number of ether oxygens (including phenoxy) is 7. The van der Waals surface area contributed by atoms with Gasteiger partial charge in [-0.1, -0.05) is 27.7 Å². The highest BCUT2D eigenvalue weighted by Gasteiger charge is 2.57. The molecule has 0 saturated carbocycles. The molecule has 48 heavy (non-hydrogen) atoms. The molecule has 4 fully saturated rings. The number of nitrogens with zero attached hydrogens (tertiary/aromatic N) is 1. The van der Waals surface area contributed by atoms with E-state index >= 15 is 0 Å². The number of rotatable bonds is 6. The van der Waals surface area contributed by atoms with E-state index in [2.05, 4.69) is 0 Å². The number of ketones is 1. The summed E-state index contributed by atoms with van der Waals surface area (Å²) >= 11 is 0. The highest BCUT2D eigenvalue weighted by atomic mass is 16.7. The standard InChI is InChI=1S/C35H61NO12/c1-16-14-35(15-43-35)32(40)19(4)27(37)18(3)22(7)46-33(41)21(6)31(47-26-13-25(42-11)28(38)23(8)45-26)20(5)30(16)48-34-29(39)24(36(9)10)12-17(2)44-34/h16-31,34,37-39H,12-15H2,1-11H3/t16-,17+,18-,19+,20+,21+,22+,23-,24-,25-,26-,27+,28-,29+,30?,31-,34-,35+/m0/s1. The van der Waals surface area contributed by atoms with Crippen LogP contribution in [0.2, 0.25) is 0 Å². The Morgan fingerprint density at radius 3 is 2.02 bits per heavy atom. The predicted octanol–water partition coefficient (Wildman–Crippen LogP) is 1.91. The number of esters is 1. The number of carbonyl (C=O) groups is 2. The van der Waals surface area contributed by atoms with Crippen LogP contribution in [0.15, 0.2) is 0 Å². The van der Waals surface area contributed by atoms with Gasteiger partial charge in [0.25, 0.3) is 0 Å². The summed E-state index contributed by atoms with van der Waals surface area (Å²) in [6, 6.07) is -0.219. The molecule has 4 heterocycles. The Kier molecular flexibility index (Phi) is 13.1. The largest absolute Gasteiger partial charge is 0.462 e. The molecule has 0 aromatic rings. The monoisotopic (exact) mass is 687 g/mol. The molecule has 4 aliphatic rings. The number of aliphatic hydroxyl groups is 3. The van der Waals surface area contributed by atoms with Crippen molar-refractivity contribution in [1.29, 1.82) is 0 Å². The minimum absolute atomic E-state index is 0.198. The number of epoxide rings is 1. The lowest BCUT2D eigenvalue weighted by Gasteiger charge is -2.46. The summed E-state index contributed by atoms with van der Waals surface area (Å²) in [5.41, 5.74) is -1.10. The molecule has 1 unspecified atom stereocenters. The van der Waals surface area contributed by atoms with Crippen molar-refractivity contribution in [3.8, 4) is 0 Å². The van der Waals surface area contributed by atoms with E-state index in [1.54, 1.807) is 34.6 Å². The summed E-state index contributed by atoms with van der Waals surface area (Å²) in [6.07, 6.45) is -7.15. The number of cyclic esters (lactones) is 1. The summed E-state index contributed by atoms with van der Waals surface area (Å²) in [5, 5.41) is 33.3. The Hall–Kier alpha value is -1.26. The molecule has 4 aliphatic heterocycles. The quantitative estimate of drug-likeness (QED) is 0.274. The van der Waals surface area contributed by atoms with Crippen molar-refractivity contribution in [2.24, 2.45) is 29.6 Å². The van der Waals surface area contributed by atoms with Crippen LogP contribution in [0.1, 0.15) is 74.7 Å². The number of methoxy groups -OCH3 is 1. The summed E-state index contributed by atoms with van der Waals surface area (Å²) < 4.78 is 43.0. The smallest absolute Gasteiger partial charge is 0.311 e. The van der Waals surface area contributed by atoms with Gasteiger partial charge in [-0.3, -0.25) is 9.59 Å². The highest BCUT2D eigenvalue weighted by Crippen LogP contribution is 2.43. The lowest BCUT2D eigenvalue weighted by Crippen LogP contribution is -2.57. The third kappa shape index (κ3) is 8.43. The molecular formula is C35H61NO12. The molecule has 278 valence electrons. The average molecular weight is 688 g/mol. The van der Waals surface area contributed by atoms with Crippen molar-refractivity contribution in [2.75, 3.05) is 27.8 Å². The van der Waals surface area contributed by atoms with Crippen LogP contribution in [0.5, 0.6) is 0 Å². The van der Waals surface area contributed by atoms with Crippen LogP contribution in [-0.2, 0) is 42.7 Å². The number of likely N-dealkylation sites (N-methyl/N-ethyl adjacent to an activating group) is 1. The SMILES string of the molecule is CO[C@H]1C[C@H](O[C@H]2[C@H](C)C(O[C@@H]3O[C@H](C)C[C@H](N(C)C)[C@H]3O)[C@@H](C)C[C@@]3(CO3)C(=O)[C@H](C)[C@H](O)[C@@H](C)[C@@H](C)OC(=O)[C@@H]2C)O[C@@H](C)[C@@H]1O. The first-order valence-corrected chi connectivity index (χ1v) is 17.7. The van der Waals surface area contributed by atoms with E-state index in [1.807, 2.05) is 39.8 Å². The van der Waals surface area contributed by atoms with Crippen LogP contribution in [0.4, 0.5) is 0 Å². The lowest BCUT2D eigenvalue weighted by molar-refractivity contribution is -0.299. The molecule has 1 spiro atoms. The molecule has 13 nitrogen and oxygen atoms in total. The third-order valence-electron chi connectivity index (χ3n) is 11.4. The molecule has 4 saturated heterocycles. The maximum absolute atomic E-state index is 13.9. The summed E-state index contributed by atoms with van der Waals surface area (Å²) in [5.74, 6) is -3.74. The third-order valence-corrected chi connectivity index (χ3v) is 11.4. The Balaban J connectivity index is 1.75. The number of aliphatic hydroxyl groups excluding tert-OH is 3. The maximum atomic E-state index is 13.9. The summed E-state index contributed by atoms with van der Waals surface area (Å²) in [7, 11) is 5.32. The summed E-state index contributed by atoms with van der Waals surface area (Å²) in [4.78, 5) is 29.7. The maximum Gasteiger partial charge on any atom is 0.311 e. The molecule has 0 aromatic carbocycles. The van der Waals surface area contributed by atoms with Gasteiger partial charge in [-0.2, -0.15) is 0 Å². The fourth-order valence-electron chi connectivity index (χ4n) is 7.89. The molecule has 0 aromatic heterocycles. The van der Waals surface area contributed by atoms with Gasteiger partial charge in [-0.15, -0.1) is 0 Å². The van der Waals surface area contributed by atoms with Gasteiger partial charge < -0.3 is 53.4 Å². The first-order valence-electron chi connectivity index (χ1n) is 17.7. The van der Waals surface area contributed by atoms with Crippen LogP contribution in [-0.4, -0.2) is 139 Å². The minimum Gasteiger partial charge on any atom is -0.462 e. The second-order valence-corrected chi connectivity index (χ2v) is 15.3. The van der Waals surface area contributed by atoms with Crippen LogP contribution >= 0.6 is 0 Å². The zero-order chi connectivity index (χ0) is 35.8. The second kappa shape index (κ2) is 16.0. The van der Waals surface area contributed by atoms with E-state index in [9.17, 15) is 24.9 Å². The molecule has 13 heteroatoms. The molecule has 4 rings (SSSR count). The van der Waals surface area contributed by atoms with Gasteiger partial charge in [-0.25, -0.2) is 0 Å². The second-order valence-electron chi connectivity index (χ2n) is 15.3. The lowest BCUT2D eigenvalue weighted by atomic mass is 9.76. The van der Waals surface area contributed by atoms with E-state index in [1.165, 1.54) is 7.11 Å². The molecule has 0 bridgehead atoms. The van der Waals surface area contributed by atoms with Gasteiger partial charge in [0, 0.05) is 37.3 Å². The minimum atomic E-state index is -1.10. The highest BCUT2D eigenvalue weighted by molar-refractivity contribution is 5.92. The Bertz CT molecular complexity index is 1090. The zero-order valence-corrected chi connectivity index (χ0v) is 30.6. The van der Waals surface area contributed by atoms with Crippen molar-refractivity contribution in [1.82, 2.24) is 4.90 Å². The van der Waals surface area contributed by atoms with E-state index < -0.39 is 96.7 Å². The van der Waals surface area contributed by atoms with Gasteiger partial charge in [0.05, 0.1) is 49.1 Å². The normalized spacial score (nSPS) is 49.9. The van der Waals surface area contributed by atoms with E-state index in [4.69, 9.17) is 33.2 Å². The molecule has 0 aliphatic carbocycles. The Morgan fingerprint density at radius 2 is 1.44 bits per heavy atom. The van der Waals surface area contributed by atoms with E-state index in [0.717, 1.165) is 0 Å². The Labute approximate surface area is 285 Å². The zero-order valence-electron chi connectivity index (χ0n) is 30.6. The van der Waals surface area contributed by atoms with E-state index in [-0.39, 0.29) is 43.3 Å². The molecule has 0 radical (unpaired) electrons. The van der Waals surface area contributed by atoms with Crippen LogP contribution in [0.3, 0.4) is 0 Å². The van der Waals surface area contributed by atoms with Crippen molar-refractivity contribution in [2.45, 2.75) is 154 Å². The fourth-order valence-corrected chi connectivity index (χ4v) is 7.89. The number of hydrogen-bond donors (Lipinski definition) is 3. The molecule has 18 atom stereocenters. The van der Waals surface area contributed by atoms with E-state index in [0.29, 0.717) is 6.42 Å². The predicted molar refractivity (Wildman–Crippen MR) is 174 cm³/mol. The topological polar surface area (TPSA) is 166 Å². The van der Waals surface area contributed by atoms with Crippen molar-refractivity contribution in [3.05, 3.63) is 0 Å². The average Bonchev–Trinajstić information content (AvgIpc) is 3.82. The molecule has 0 amide bonds.